The maximum atomic E-state index is 12.0. The molecule has 0 aliphatic rings. The number of halogens is 1. The molecule has 0 saturated carbocycles. The van der Waals surface area contributed by atoms with Crippen molar-refractivity contribution in [2.24, 2.45) is 0 Å². The Balaban J connectivity index is 1.65. The maximum Gasteiger partial charge on any atom is 0.264 e. The second-order valence-electron chi connectivity index (χ2n) is 6.57. The van der Waals surface area contributed by atoms with E-state index in [-0.39, 0.29) is 30.5 Å². The third kappa shape index (κ3) is 8.23. The summed E-state index contributed by atoms with van der Waals surface area (Å²) in [5, 5.41) is 5.54. The molecule has 0 atom stereocenters. The van der Waals surface area contributed by atoms with E-state index in [2.05, 4.69) is 21.5 Å². The molecule has 0 unspecified atom stereocenters. The van der Waals surface area contributed by atoms with Gasteiger partial charge in [0.1, 0.15) is 5.75 Å². The van der Waals surface area contributed by atoms with E-state index in [1.807, 2.05) is 19.1 Å². The molecule has 0 heterocycles. The molecule has 0 aliphatic heterocycles. The fourth-order valence-electron chi connectivity index (χ4n) is 2.43. The van der Waals surface area contributed by atoms with Gasteiger partial charge in [0.25, 0.3) is 5.91 Å². The first-order valence-electron chi connectivity index (χ1n) is 9.38. The molecule has 2 aromatic rings. The monoisotopic (exact) mass is 462 g/mol. The number of carbonyl (C=O) groups excluding carboxylic acids is 3. The van der Waals surface area contributed by atoms with Crippen molar-refractivity contribution in [1.29, 1.82) is 0 Å². The number of rotatable bonds is 7. The Kier molecular flexibility index (Phi) is 9.23. The van der Waals surface area contributed by atoms with Crippen LogP contribution in [0, 0.1) is 13.8 Å². The Morgan fingerprint density at radius 3 is 2.39 bits per heavy atom. The lowest BCUT2D eigenvalue weighted by molar-refractivity contribution is -0.125. The van der Waals surface area contributed by atoms with Gasteiger partial charge in [-0.3, -0.25) is 30.6 Å². The zero-order chi connectivity index (χ0) is 22.8. The number of anilines is 1. The molecule has 8 nitrogen and oxygen atoms in total. The molecular weight excluding hydrogens is 440 g/mol. The number of nitrogens with one attached hydrogen (secondary N) is 4. The average Bonchev–Trinajstić information content (AvgIpc) is 2.73. The molecule has 0 radical (unpaired) electrons. The highest BCUT2D eigenvalue weighted by Crippen LogP contribution is 2.23. The van der Waals surface area contributed by atoms with E-state index in [1.165, 1.54) is 0 Å². The first-order valence-corrected chi connectivity index (χ1v) is 10.2. The Bertz CT molecular complexity index is 984. The molecule has 0 aliphatic carbocycles. The minimum absolute atomic E-state index is 0.0388. The first-order chi connectivity index (χ1) is 14.8. The van der Waals surface area contributed by atoms with Crippen LogP contribution in [0.5, 0.6) is 5.75 Å². The number of aryl methyl sites for hydroxylation is 1. The van der Waals surface area contributed by atoms with Crippen LogP contribution >= 0.6 is 23.8 Å². The van der Waals surface area contributed by atoms with Crippen LogP contribution in [0.2, 0.25) is 5.02 Å². The topological polar surface area (TPSA) is 109 Å². The van der Waals surface area contributed by atoms with Crippen LogP contribution in [0.1, 0.15) is 24.0 Å². The molecule has 164 valence electrons. The fourth-order valence-corrected chi connectivity index (χ4v) is 2.77. The quantitative estimate of drug-likeness (QED) is 0.372. The van der Waals surface area contributed by atoms with Gasteiger partial charge in [-0.05, 0) is 55.4 Å². The van der Waals surface area contributed by atoms with Crippen molar-refractivity contribution >= 4 is 52.3 Å². The molecular formula is C21H23ClN4O4S. The summed E-state index contributed by atoms with van der Waals surface area (Å²) in [7, 11) is 0. The molecule has 0 bridgehead atoms. The largest absolute Gasteiger partial charge is 0.483 e. The van der Waals surface area contributed by atoms with Gasteiger partial charge in [-0.25, -0.2) is 0 Å². The zero-order valence-corrected chi connectivity index (χ0v) is 18.7. The van der Waals surface area contributed by atoms with Crippen LogP contribution in [-0.2, 0) is 14.4 Å². The SMILES string of the molecule is Cc1ccccc1OCC(=O)NC(=S)NNC(=O)CCC(=O)Nc1cccc(Cl)c1C. The Labute approximate surface area is 190 Å². The Morgan fingerprint density at radius 2 is 1.65 bits per heavy atom. The van der Waals surface area contributed by atoms with Crippen LogP contribution in [0.4, 0.5) is 5.69 Å². The van der Waals surface area contributed by atoms with Gasteiger partial charge in [0.2, 0.25) is 11.8 Å². The highest BCUT2D eigenvalue weighted by molar-refractivity contribution is 7.80. The predicted molar refractivity (Wildman–Crippen MR) is 123 cm³/mol. The number of hydrogen-bond acceptors (Lipinski definition) is 5. The molecule has 0 aromatic heterocycles. The molecule has 4 N–H and O–H groups in total. The van der Waals surface area contributed by atoms with Crippen molar-refractivity contribution in [3.63, 3.8) is 0 Å². The van der Waals surface area contributed by atoms with E-state index in [4.69, 9.17) is 28.6 Å². The number of carbonyl (C=O) groups is 3. The average molecular weight is 463 g/mol. The standard InChI is InChI=1S/C21H23ClN4O4S/c1-13-6-3-4-9-17(13)30-12-20(29)24-21(31)26-25-19(28)11-10-18(27)23-16-8-5-7-15(22)14(16)2/h3-9H,10-12H2,1-2H3,(H,23,27)(H,25,28)(H2,24,26,29,31). The number of hydrazine groups is 1. The summed E-state index contributed by atoms with van der Waals surface area (Å²) in [5.41, 5.74) is 6.97. The number of ether oxygens (including phenoxy) is 1. The minimum Gasteiger partial charge on any atom is -0.483 e. The molecule has 10 heteroatoms. The van der Waals surface area contributed by atoms with E-state index in [0.29, 0.717) is 16.5 Å². The van der Waals surface area contributed by atoms with Crippen molar-refractivity contribution < 1.29 is 19.1 Å². The number of hydrogen-bond donors (Lipinski definition) is 4. The maximum absolute atomic E-state index is 12.0. The second kappa shape index (κ2) is 11.9. The van der Waals surface area contributed by atoms with Crippen molar-refractivity contribution in [3.8, 4) is 5.75 Å². The van der Waals surface area contributed by atoms with E-state index >= 15 is 0 Å². The lowest BCUT2D eigenvalue weighted by Gasteiger charge is -2.12. The summed E-state index contributed by atoms with van der Waals surface area (Å²) in [6.45, 7) is 3.42. The normalized spacial score (nSPS) is 10.0. The van der Waals surface area contributed by atoms with Crippen molar-refractivity contribution in [3.05, 3.63) is 58.6 Å². The van der Waals surface area contributed by atoms with Crippen molar-refractivity contribution in [2.45, 2.75) is 26.7 Å². The predicted octanol–water partition coefficient (Wildman–Crippen LogP) is 2.78. The highest BCUT2D eigenvalue weighted by Gasteiger charge is 2.11. The number of amides is 3. The van der Waals surface area contributed by atoms with Crippen LogP contribution in [-0.4, -0.2) is 29.4 Å². The van der Waals surface area contributed by atoms with Crippen LogP contribution in [0.15, 0.2) is 42.5 Å². The van der Waals surface area contributed by atoms with Crippen molar-refractivity contribution in [1.82, 2.24) is 16.2 Å². The second-order valence-corrected chi connectivity index (χ2v) is 7.38. The Morgan fingerprint density at radius 1 is 0.935 bits per heavy atom. The highest BCUT2D eigenvalue weighted by atomic mass is 35.5. The smallest absolute Gasteiger partial charge is 0.264 e. The lowest BCUT2D eigenvalue weighted by atomic mass is 10.2. The molecule has 0 spiro atoms. The van der Waals surface area contributed by atoms with Gasteiger partial charge < -0.3 is 10.1 Å². The number of benzene rings is 2. The van der Waals surface area contributed by atoms with Crippen LogP contribution in [0.25, 0.3) is 0 Å². The van der Waals surface area contributed by atoms with E-state index in [1.54, 1.807) is 37.3 Å². The lowest BCUT2D eigenvalue weighted by Crippen LogP contribution is -2.49. The van der Waals surface area contributed by atoms with Gasteiger partial charge in [-0.1, -0.05) is 35.9 Å². The van der Waals surface area contributed by atoms with Gasteiger partial charge >= 0.3 is 0 Å². The van der Waals surface area contributed by atoms with Crippen LogP contribution < -0.4 is 26.2 Å². The number of para-hydroxylation sites is 1. The summed E-state index contributed by atoms with van der Waals surface area (Å²) in [6, 6.07) is 12.5. The summed E-state index contributed by atoms with van der Waals surface area (Å²) < 4.78 is 5.42. The van der Waals surface area contributed by atoms with Crippen LogP contribution in [0.3, 0.4) is 0 Å². The Hall–Kier alpha value is -3.17. The molecule has 0 saturated heterocycles. The summed E-state index contributed by atoms with van der Waals surface area (Å²) in [4.78, 5) is 35.8. The van der Waals surface area contributed by atoms with E-state index in [0.717, 1.165) is 11.1 Å². The minimum atomic E-state index is -0.480. The van der Waals surface area contributed by atoms with E-state index < -0.39 is 11.8 Å². The summed E-state index contributed by atoms with van der Waals surface area (Å²) in [6.07, 6.45) is -0.117. The zero-order valence-electron chi connectivity index (χ0n) is 17.1. The summed E-state index contributed by atoms with van der Waals surface area (Å²) in [5.74, 6) is -0.683. The van der Waals surface area contributed by atoms with E-state index in [9.17, 15) is 14.4 Å². The van der Waals surface area contributed by atoms with Gasteiger partial charge in [-0.15, -0.1) is 0 Å². The third-order valence-corrected chi connectivity index (χ3v) is 4.76. The molecule has 3 amide bonds. The molecule has 0 fully saturated rings. The molecule has 31 heavy (non-hydrogen) atoms. The number of thiocarbonyl (C=S) groups is 1. The summed E-state index contributed by atoms with van der Waals surface area (Å²) >= 11 is 11.0. The third-order valence-electron chi connectivity index (χ3n) is 4.14. The van der Waals surface area contributed by atoms with Gasteiger partial charge in [-0.2, -0.15) is 0 Å². The fraction of sp³-hybridized carbons (Fsp3) is 0.238. The van der Waals surface area contributed by atoms with Gasteiger partial charge in [0, 0.05) is 23.6 Å². The van der Waals surface area contributed by atoms with Crippen molar-refractivity contribution in [2.75, 3.05) is 11.9 Å². The molecule has 2 aromatic carbocycles. The van der Waals surface area contributed by atoms with Gasteiger partial charge in [0.05, 0.1) is 0 Å². The first kappa shape index (κ1) is 24.1. The van der Waals surface area contributed by atoms with Gasteiger partial charge in [0.15, 0.2) is 11.7 Å². The molecule has 2 rings (SSSR count).